The quantitative estimate of drug-likeness (QED) is 0.720. The van der Waals surface area contributed by atoms with E-state index in [4.69, 9.17) is 0 Å². The molecule has 0 radical (unpaired) electrons. The average Bonchev–Trinajstić information content (AvgIpc) is 3.12. The molecule has 2 aliphatic rings. The van der Waals surface area contributed by atoms with Crippen LogP contribution < -0.4 is 5.32 Å². The smallest absolute Gasteiger partial charge is 0.325 e. The summed E-state index contributed by atoms with van der Waals surface area (Å²) in [4.78, 5) is 40.5. The number of likely N-dealkylation sites (N-methyl/N-ethyl adjacent to an activating group) is 1. The first-order valence-electron chi connectivity index (χ1n) is 9.96. The van der Waals surface area contributed by atoms with Gasteiger partial charge in [0.1, 0.15) is 12.1 Å². The fraction of sp³-hybridized carbons (Fsp3) is 0.571. The largest absolute Gasteiger partial charge is 0.340 e. The Balaban J connectivity index is 1.75. The van der Waals surface area contributed by atoms with Crippen LogP contribution in [0.3, 0.4) is 0 Å². The van der Waals surface area contributed by atoms with Gasteiger partial charge in [0.15, 0.2) is 9.84 Å². The van der Waals surface area contributed by atoms with Crippen LogP contribution in [0.25, 0.3) is 0 Å². The van der Waals surface area contributed by atoms with Crippen LogP contribution in [-0.2, 0) is 30.4 Å². The molecule has 2 unspecified atom stereocenters. The third-order valence-electron chi connectivity index (χ3n) is 6.05. The number of carbonyl (C=O) groups is 3. The number of amides is 4. The third-order valence-corrected chi connectivity index (χ3v) is 7.80. The number of hydrogen-bond acceptors (Lipinski definition) is 5. The maximum atomic E-state index is 13.1. The lowest BCUT2D eigenvalue weighted by molar-refractivity contribution is -0.139. The summed E-state index contributed by atoms with van der Waals surface area (Å²) in [5, 5.41) is 2.70. The van der Waals surface area contributed by atoms with Gasteiger partial charge < -0.3 is 10.2 Å². The van der Waals surface area contributed by atoms with Crippen molar-refractivity contribution in [2.45, 2.75) is 51.1 Å². The number of carbonyl (C=O) groups excluding carboxylic acids is 3. The van der Waals surface area contributed by atoms with Crippen molar-refractivity contribution in [3.63, 3.8) is 0 Å². The molecule has 30 heavy (non-hydrogen) atoms. The molecule has 0 aliphatic carbocycles. The molecule has 1 N–H and O–H groups in total. The van der Waals surface area contributed by atoms with Crippen LogP contribution in [0, 0.1) is 0 Å². The van der Waals surface area contributed by atoms with E-state index in [9.17, 15) is 22.8 Å². The summed E-state index contributed by atoms with van der Waals surface area (Å²) in [5.74, 6) is -1.02. The monoisotopic (exact) mass is 435 g/mol. The summed E-state index contributed by atoms with van der Waals surface area (Å²) < 4.78 is 23.4. The fourth-order valence-corrected chi connectivity index (χ4v) is 5.65. The van der Waals surface area contributed by atoms with Gasteiger partial charge >= 0.3 is 6.03 Å². The fourth-order valence-electron chi connectivity index (χ4n) is 3.87. The minimum Gasteiger partial charge on any atom is -0.340 e. The van der Waals surface area contributed by atoms with E-state index in [0.717, 1.165) is 10.5 Å². The van der Waals surface area contributed by atoms with Crippen molar-refractivity contribution in [3.8, 4) is 0 Å². The Morgan fingerprint density at radius 2 is 1.83 bits per heavy atom. The summed E-state index contributed by atoms with van der Waals surface area (Å²) in [6, 6.07) is 6.44. The Morgan fingerprint density at radius 1 is 1.23 bits per heavy atom. The zero-order valence-electron chi connectivity index (χ0n) is 18.1. The highest BCUT2D eigenvalue weighted by Gasteiger charge is 2.50. The maximum absolute atomic E-state index is 13.1. The van der Waals surface area contributed by atoms with Crippen molar-refractivity contribution in [2.24, 2.45) is 0 Å². The number of urea groups is 1. The first-order chi connectivity index (χ1) is 13.7. The third kappa shape index (κ3) is 4.08. The van der Waals surface area contributed by atoms with Gasteiger partial charge in [-0.25, -0.2) is 13.2 Å². The molecule has 2 atom stereocenters. The van der Waals surface area contributed by atoms with Gasteiger partial charge in [-0.2, -0.15) is 0 Å². The van der Waals surface area contributed by atoms with Gasteiger partial charge in [-0.05, 0) is 29.9 Å². The first kappa shape index (κ1) is 22.3. The zero-order valence-corrected chi connectivity index (χ0v) is 18.9. The number of rotatable bonds is 4. The van der Waals surface area contributed by atoms with Gasteiger partial charge in [0.25, 0.3) is 5.91 Å². The highest BCUT2D eigenvalue weighted by molar-refractivity contribution is 7.91. The van der Waals surface area contributed by atoms with Gasteiger partial charge in [-0.1, -0.05) is 45.0 Å². The number of nitrogens with one attached hydrogen (secondary N) is 1. The summed E-state index contributed by atoms with van der Waals surface area (Å²) in [5.41, 5.74) is 0.438. The van der Waals surface area contributed by atoms with E-state index in [1.54, 1.807) is 6.92 Å². The van der Waals surface area contributed by atoms with E-state index in [0.29, 0.717) is 12.0 Å². The Hall–Kier alpha value is -2.42. The van der Waals surface area contributed by atoms with Crippen LogP contribution in [0.2, 0.25) is 0 Å². The van der Waals surface area contributed by atoms with E-state index in [1.165, 1.54) is 11.9 Å². The number of hydrogen-bond donors (Lipinski definition) is 1. The standard InChI is InChI=1S/C21H29N3O5S/c1-20(2,3)14-6-8-15(9-7-14)21(4)18(26)24(19(27)22-21)12-17(25)23(5)16-10-11-30(28,29)13-16/h6-9,16H,10-13H2,1-5H3,(H,22,27). The number of sulfone groups is 1. The van der Waals surface area contributed by atoms with E-state index in [-0.39, 0.29) is 16.9 Å². The van der Waals surface area contributed by atoms with E-state index < -0.39 is 45.8 Å². The molecule has 0 spiro atoms. The van der Waals surface area contributed by atoms with Gasteiger partial charge in [-0.15, -0.1) is 0 Å². The molecule has 1 aromatic carbocycles. The van der Waals surface area contributed by atoms with Crippen LogP contribution >= 0.6 is 0 Å². The molecular formula is C21H29N3O5S. The Bertz CT molecular complexity index is 981. The number of nitrogens with zero attached hydrogens (tertiary/aromatic N) is 2. The van der Waals surface area contributed by atoms with Gasteiger partial charge in [0.05, 0.1) is 11.5 Å². The molecule has 3 rings (SSSR count). The van der Waals surface area contributed by atoms with Crippen molar-refractivity contribution >= 4 is 27.7 Å². The van der Waals surface area contributed by atoms with Crippen LogP contribution in [0.4, 0.5) is 4.79 Å². The van der Waals surface area contributed by atoms with Gasteiger partial charge in [-0.3, -0.25) is 14.5 Å². The Labute approximate surface area is 177 Å². The average molecular weight is 436 g/mol. The molecule has 0 aromatic heterocycles. The van der Waals surface area contributed by atoms with Crippen molar-refractivity contribution in [1.29, 1.82) is 0 Å². The van der Waals surface area contributed by atoms with Crippen LogP contribution in [0.5, 0.6) is 0 Å². The zero-order chi connectivity index (χ0) is 22.5. The summed E-state index contributed by atoms with van der Waals surface area (Å²) in [7, 11) is -1.63. The molecule has 2 aliphatic heterocycles. The van der Waals surface area contributed by atoms with Gasteiger partial charge in [0, 0.05) is 13.1 Å². The predicted octanol–water partition coefficient (Wildman–Crippen LogP) is 1.40. The molecule has 1 aromatic rings. The molecule has 4 amide bonds. The van der Waals surface area contributed by atoms with Crippen LogP contribution in [-0.4, -0.2) is 67.2 Å². The maximum Gasteiger partial charge on any atom is 0.325 e. The lowest BCUT2D eigenvalue weighted by atomic mass is 9.84. The predicted molar refractivity (Wildman–Crippen MR) is 113 cm³/mol. The van der Waals surface area contributed by atoms with Crippen LogP contribution in [0.15, 0.2) is 24.3 Å². The summed E-state index contributed by atoms with van der Waals surface area (Å²) in [6.07, 6.45) is 0.364. The lowest BCUT2D eigenvalue weighted by Gasteiger charge is -2.26. The van der Waals surface area contributed by atoms with Crippen molar-refractivity contribution in [1.82, 2.24) is 15.1 Å². The van der Waals surface area contributed by atoms with E-state index in [2.05, 4.69) is 26.1 Å². The molecule has 164 valence electrons. The van der Waals surface area contributed by atoms with E-state index >= 15 is 0 Å². The highest BCUT2D eigenvalue weighted by atomic mass is 32.2. The van der Waals surface area contributed by atoms with Gasteiger partial charge in [0.2, 0.25) is 5.91 Å². The van der Waals surface area contributed by atoms with E-state index in [1.807, 2.05) is 24.3 Å². The molecule has 8 nitrogen and oxygen atoms in total. The van der Waals surface area contributed by atoms with Crippen molar-refractivity contribution < 1.29 is 22.8 Å². The number of benzene rings is 1. The molecule has 0 bridgehead atoms. The van der Waals surface area contributed by atoms with Crippen LogP contribution in [0.1, 0.15) is 45.2 Å². The second kappa shape index (κ2) is 7.37. The molecule has 2 fully saturated rings. The summed E-state index contributed by atoms with van der Waals surface area (Å²) in [6.45, 7) is 7.47. The lowest BCUT2D eigenvalue weighted by Crippen LogP contribution is -2.46. The molecule has 9 heteroatoms. The normalized spacial score (nSPS) is 26.0. The minimum absolute atomic E-state index is 0.0425. The first-order valence-corrected chi connectivity index (χ1v) is 11.8. The SMILES string of the molecule is CN(C(=O)CN1C(=O)NC(C)(c2ccc(C(C)(C)C)cc2)C1=O)C1CCS(=O)(=O)C1. The van der Waals surface area contributed by atoms with Crippen molar-refractivity contribution in [3.05, 3.63) is 35.4 Å². The Morgan fingerprint density at radius 3 is 2.33 bits per heavy atom. The Kier molecular flexibility index (Phi) is 5.47. The molecule has 0 saturated carbocycles. The molecule has 2 heterocycles. The molecular weight excluding hydrogens is 406 g/mol. The topological polar surface area (TPSA) is 104 Å². The molecule has 2 saturated heterocycles. The summed E-state index contributed by atoms with van der Waals surface area (Å²) >= 11 is 0. The van der Waals surface area contributed by atoms with Crippen molar-refractivity contribution in [2.75, 3.05) is 25.1 Å². The second-order valence-electron chi connectivity index (χ2n) is 9.34. The second-order valence-corrected chi connectivity index (χ2v) is 11.6. The number of imide groups is 1. The highest BCUT2D eigenvalue weighted by Crippen LogP contribution is 2.31. The minimum atomic E-state index is -3.15.